The highest BCUT2D eigenvalue weighted by molar-refractivity contribution is 5.83. The minimum absolute atomic E-state index is 0.466. The molecule has 4 heteroatoms. The van der Waals surface area contributed by atoms with Crippen LogP contribution in [0, 0.1) is 0 Å². The van der Waals surface area contributed by atoms with Gasteiger partial charge in [-0.25, -0.2) is 0 Å². The minimum atomic E-state index is -0.803. The average Bonchev–Trinajstić information content (AvgIpc) is 2.43. The Labute approximate surface area is 113 Å². The number of fused-ring (bicyclic) bond motifs is 1. The molecule has 1 atom stereocenters. The summed E-state index contributed by atoms with van der Waals surface area (Å²) in [6, 6.07) is 7.47. The van der Waals surface area contributed by atoms with Gasteiger partial charge in [0.2, 0.25) is 0 Å². The third-order valence-electron chi connectivity index (χ3n) is 3.80. The molecular formula is C15H20O4. The quantitative estimate of drug-likeness (QED) is 0.802. The van der Waals surface area contributed by atoms with E-state index in [4.69, 9.17) is 9.47 Å². The van der Waals surface area contributed by atoms with Gasteiger partial charge in [0.25, 0.3) is 0 Å². The molecular weight excluding hydrogens is 244 g/mol. The van der Waals surface area contributed by atoms with E-state index in [2.05, 4.69) is 0 Å². The van der Waals surface area contributed by atoms with Crippen LogP contribution in [-0.4, -0.2) is 31.4 Å². The molecule has 1 aliphatic heterocycles. The molecule has 0 amide bonds. The van der Waals surface area contributed by atoms with Crippen LogP contribution in [0.1, 0.15) is 31.2 Å². The summed E-state index contributed by atoms with van der Waals surface area (Å²) >= 11 is 0. The van der Waals surface area contributed by atoms with E-state index in [0.717, 1.165) is 18.4 Å². The van der Waals surface area contributed by atoms with Crippen LogP contribution < -0.4 is 4.74 Å². The molecule has 1 heterocycles. The Morgan fingerprint density at radius 3 is 2.95 bits per heavy atom. The van der Waals surface area contributed by atoms with Gasteiger partial charge >= 0.3 is 5.97 Å². The molecule has 0 fully saturated rings. The molecule has 4 nitrogen and oxygen atoms in total. The molecule has 0 spiro atoms. The highest BCUT2D eigenvalue weighted by Crippen LogP contribution is 2.42. The first-order chi connectivity index (χ1) is 9.20. The highest BCUT2D eigenvalue weighted by Gasteiger charge is 2.43. The Bertz CT molecular complexity index is 444. The van der Waals surface area contributed by atoms with Gasteiger partial charge in [-0.1, -0.05) is 18.2 Å². The number of carbonyl (C=O) groups is 1. The third-order valence-corrected chi connectivity index (χ3v) is 3.80. The zero-order chi connectivity index (χ0) is 13.7. The van der Waals surface area contributed by atoms with Crippen molar-refractivity contribution in [3.05, 3.63) is 29.8 Å². The molecule has 0 saturated heterocycles. The van der Waals surface area contributed by atoms with Crippen LogP contribution in [0.4, 0.5) is 0 Å². The number of aliphatic carboxylic acids is 1. The summed E-state index contributed by atoms with van der Waals surface area (Å²) in [7, 11) is 1.66. The van der Waals surface area contributed by atoms with E-state index in [1.54, 1.807) is 7.11 Å². The summed E-state index contributed by atoms with van der Waals surface area (Å²) in [5.74, 6) is -0.0384. The first-order valence-electron chi connectivity index (χ1n) is 6.65. The standard InChI is InChI=1S/C15H20O4/c1-18-10-5-4-8-15(14(16)17)9-11-19-13-7-3-2-6-12(13)15/h2-3,6-7H,4-5,8-11H2,1H3,(H,16,17). The smallest absolute Gasteiger partial charge is 0.314 e. The number of carboxylic acids is 1. The van der Waals surface area contributed by atoms with E-state index in [9.17, 15) is 9.90 Å². The Hall–Kier alpha value is -1.55. The van der Waals surface area contributed by atoms with Gasteiger partial charge in [0.1, 0.15) is 5.75 Å². The second kappa shape index (κ2) is 6.06. The van der Waals surface area contributed by atoms with Gasteiger partial charge in [0.05, 0.1) is 12.0 Å². The summed E-state index contributed by atoms with van der Waals surface area (Å²) < 4.78 is 10.6. The molecule has 0 saturated carbocycles. The molecule has 0 aromatic heterocycles. The highest BCUT2D eigenvalue weighted by atomic mass is 16.5. The lowest BCUT2D eigenvalue weighted by atomic mass is 9.72. The van der Waals surface area contributed by atoms with Crippen LogP contribution in [0.25, 0.3) is 0 Å². The SMILES string of the molecule is COCCCCC1(C(=O)O)CCOc2ccccc21. The van der Waals surface area contributed by atoms with Crippen LogP contribution in [0.3, 0.4) is 0 Å². The lowest BCUT2D eigenvalue weighted by Gasteiger charge is -2.35. The van der Waals surface area contributed by atoms with Crippen molar-refractivity contribution in [1.29, 1.82) is 0 Å². The zero-order valence-electron chi connectivity index (χ0n) is 11.2. The fraction of sp³-hybridized carbons (Fsp3) is 0.533. The fourth-order valence-electron chi connectivity index (χ4n) is 2.72. The Kier molecular flexibility index (Phi) is 4.43. The van der Waals surface area contributed by atoms with Crippen molar-refractivity contribution < 1.29 is 19.4 Å². The van der Waals surface area contributed by atoms with E-state index >= 15 is 0 Å². The van der Waals surface area contributed by atoms with Crippen LogP contribution in [-0.2, 0) is 14.9 Å². The molecule has 104 valence electrons. The maximum Gasteiger partial charge on any atom is 0.314 e. The van der Waals surface area contributed by atoms with E-state index in [0.29, 0.717) is 31.8 Å². The number of unbranched alkanes of at least 4 members (excludes halogenated alkanes) is 1. The fourth-order valence-corrected chi connectivity index (χ4v) is 2.72. The van der Waals surface area contributed by atoms with Crippen molar-refractivity contribution in [3.8, 4) is 5.75 Å². The number of carboxylic acid groups (broad SMARTS) is 1. The second-order valence-electron chi connectivity index (χ2n) is 4.93. The maximum absolute atomic E-state index is 11.8. The predicted octanol–water partition coefficient (Wildman–Crippen LogP) is 2.61. The molecule has 0 aliphatic carbocycles. The van der Waals surface area contributed by atoms with E-state index < -0.39 is 11.4 Å². The van der Waals surface area contributed by atoms with E-state index in [1.165, 1.54) is 0 Å². The minimum Gasteiger partial charge on any atom is -0.493 e. The number of para-hydroxylation sites is 1. The monoisotopic (exact) mass is 264 g/mol. The van der Waals surface area contributed by atoms with Crippen LogP contribution in [0.5, 0.6) is 5.75 Å². The Morgan fingerprint density at radius 2 is 2.21 bits per heavy atom. The van der Waals surface area contributed by atoms with Crippen molar-refractivity contribution in [2.24, 2.45) is 0 Å². The first kappa shape index (κ1) is 13.9. The molecule has 0 bridgehead atoms. The number of ether oxygens (including phenoxy) is 2. The van der Waals surface area contributed by atoms with Crippen molar-refractivity contribution in [3.63, 3.8) is 0 Å². The number of hydrogen-bond acceptors (Lipinski definition) is 3. The van der Waals surface area contributed by atoms with E-state index in [-0.39, 0.29) is 0 Å². The van der Waals surface area contributed by atoms with Crippen molar-refractivity contribution in [2.75, 3.05) is 20.3 Å². The Balaban J connectivity index is 2.23. The number of methoxy groups -OCH3 is 1. The maximum atomic E-state index is 11.8. The molecule has 2 rings (SSSR count). The van der Waals surface area contributed by atoms with Gasteiger partial charge < -0.3 is 14.6 Å². The largest absolute Gasteiger partial charge is 0.493 e. The number of benzene rings is 1. The van der Waals surface area contributed by atoms with Crippen molar-refractivity contribution in [2.45, 2.75) is 31.1 Å². The van der Waals surface area contributed by atoms with Crippen molar-refractivity contribution >= 4 is 5.97 Å². The summed E-state index contributed by atoms with van der Waals surface area (Å²) in [6.45, 7) is 1.14. The predicted molar refractivity (Wildman–Crippen MR) is 71.6 cm³/mol. The molecule has 1 aliphatic rings. The molecule has 1 aromatic carbocycles. The molecule has 1 aromatic rings. The summed E-state index contributed by atoms with van der Waals surface area (Å²) in [4.78, 5) is 11.8. The third kappa shape index (κ3) is 2.73. The van der Waals surface area contributed by atoms with Gasteiger partial charge in [-0.05, 0) is 25.3 Å². The summed E-state index contributed by atoms with van der Waals surface area (Å²) in [6.07, 6.45) is 2.89. The lowest BCUT2D eigenvalue weighted by molar-refractivity contribution is -0.145. The average molecular weight is 264 g/mol. The van der Waals surface area contributed by atoms with Crippen LogP contribution in [0.2, 0.25) is 0 Å². The topological polar surface area (TPSA) is 55.8 Å². The summed E-state index contributed by atoms with van der Waals surface area (Å²) in [5.41, 5.74) is 0.00827. The molecule has 19 heavy (non-hydrogen) atoms. The van der Waals surface area contributed by atoms with E-state index in [1.807, 2.05) is 24.3 Å². The Morgan fingerprint density at radius 1 is 1.42 bits per heavy atom. The van der Waals surface area contributed by atoms with Crippen LogP contribution >= 0.6 is 0 Å². The molecule has 1 N–H and O–H groups in total. The first-order valence-corrected chi connectivity index (χ1v) is 6.65. The zero-order valence-corrected chi connectivity index (χ0v) is 11.2. The number of rotatable bonds is 6. The second-order valence-corrected chi connectivity index (χ2v) is 4.93. The molecule has 0 radical (unpaired) electrons. The van der Waals surface area contributed by atoms with Crippen LogP contribution in [0.15, 0.2) is 24.3 Å². The normalized spacial score (nSPS) is 21.5. The summed E-state index contributed by atoms with van der Waals surface area (Å²) in [5, 5.41) is 9.71. The van der Waals surface area contributed by atoms with Gasteiger partial charge in [0.15, 0.2) is 0 Å². The van der Waals surface area contributed by atoms with Gasteiger partial charge in [-0.3, -0.25) is 4.79 Å². The van der Waals surface area contributed by atoms with Crippen molar-refractivity contribution in [1.82, 2.24) is 0 Å². The number of hydrogen-bond donors (Lipinski definition) is 1. The lowest BCUT2D eigenvalue weighted by Crippen LogP contribution is -2.40. The van der Waals surface area contributed by atoms with Gasteiger partial charge in [-0.15, -0.1) is 0 Å². The van der Waals surface area contributed by atoms with Gasteiger partial charge in [-0.2, -0.15) is 0 Å². The van der Waals surface area contributed by atoms with Gasteiger partial charge in [0, 0.05) is 25.7 Å². The molecule has 1 unspecified atom stereocenters.